The van der Waals surface area contributed by atoms with Crippen molar-refractivity contribution in [1.82, 2.24) is 20.1 Å². The molecule has 1 atom stereocenters. The molecule has 7 nitrogen and oxygen atoms in total. The lowest BCUT2D eigenvalue weighted by atomic mass is 10.1. The van der Waals surface area contributed by atoms with Gasteiger partial charge in [-0.15, -0.1) is 0 Å². The summed E-state index contributed by atoms with van der Waals surface area (Å²) >= 11 is 0. The van der Waals surface area contributed by atoms with Crippen molar-refractivity contribution < 1.29 is 9.47 Å². The molecule has 27 heavy (non-hydrogen) atoms. The van der Waals surface area contributed by atoms with Crippen LogP contribution < -0.4 is 10.1 Å². The van der Waals surface area contributed by atoms with Crippen LogP contribution in [0, 0.1) is 13.8 Å². The average Bonchev–Trinajstić information content (AvgIpc) is 3.17. The summed E-state index contributed by atoms with van der Waals surface area (Å²) in [6.45, 7) is 13.5. The summed E-state index contributed by atoms with van der Waals surface area (Å²) in [5, 5.41) is 3.45. The topological polar surface area (TPSA) is 62.2 Å². The predicted octanol–water partition coefficient (Wildman–Crippen LogP) is 1.58. The van der Waals surface area contributed by atoms with Gasteiger partial charge in [-0.3, -0.25) is 9.88 Å². The van der Waals surface area contributed by atoms with Crippen molar-refractivity contribution in [3.05, 3.63) is 23.0 Å². The van der Waals surface area contributed by atoms with Crippen LogP contribution in [-0.4, -0.2) is 79.8 Å². The second kappa shape index (κ2) is 9.37. The number of aliphatic imine (C=N–C) groups is 1. The number of guanidine groups is 1. The summed E-state index contributed by atoms with van der Waals surface area (Å²) in [4.78, 5) is 14.4. The highest BCUT2D eigenvalue weighted by Gasteiger charge is 2.30. The Morgan fingerprint density at radius 1 is 1.33 bits per heavy atom. The highest BCUT2D eigenvalue weighted by Crippen LogP contribution is 2.24. The van der Waals surface area contributed by atoms with Gasteiger partial charge in [0.2, 0.25) is 0 Å². The second-order valence-corrected chi connectivity index (χ2v) is 7.25. The molecule has 0 bridgehead atoms. The molecule has 2 saturated heterocycles. The SMILES string of the molecule is CCNC(=NCc1ncc(C)c(OC)c1C)N1CCC(N2CCOCC2)C1. The smallest absolute Gasteiger partial charge is 0.194 e. The fraction of sp³-hybridized carbons (Fsp3) is 0.700. The van der Waals surface area contributed by atoms with Crippen LogP contribution in [0.15, 0.2) is 11.2 Å². The van der Waals surface area contributed by atoms with E-state index in [1.54, 1.807) is 7.11 Å². The molecule has 1 aromatic heterocycles. The van der Waals surface area contributed by atoms with E-state index in [2.05, 4.69) is 33.9 Å². The molecule has 1 N–H and O–H groups in total. The van der Waals surface area contributed by atoms with E-state index in [-0.39, 0.29) is 0 Å². The summed E-state index contributed by atoms with van der Waals surface area (Å²) in [6, 6.07) is 0.595. The molecular formula is C20H33N5O2. The van der Waals surface area contributed by atoms with Crippen molar-refractivity contribution >= 4 is 5.96 Å². The number of methoxy groups -OCH3 is 1. The first kappa shape index (κ1) is 19.9. The number of likely N-dealkylation sites (tertiary alicyclic amines) is 1. The molecule has 0 aromatic carbocycles. The highest BCUT2D eigenvalue weighted by molar-refractivity contribution is 5.80. The zero-order valence-corrected chi connectivity index (χ0v) is 17.1. The molecule has 1 unspecified atom stereocenters. The van der Waals surface area contributed by atoms with Crippen LogP contribution in [0.3, 0.4) is 0 Å². The first-order chi connectivity index (χ1) is 13.1. The van der Waals surface area contributed by atoms with Crippen molar-refractivity contribution in [3.63, 3.8) is 0 Å². The van der Waals surface area contributed by atoms with Crippen molar-refractivity contribution in [3.8, 4) is 5.75 Å². The Morgan fingerprint density at radius 2 is 2.11 bits per heavy atom. The van der Waals surface area contributed by atoms with E-state index in [1.165, 1.54) is 6.42 Å². The first-order valence-electron chi connectivity index (χ1n) is 9.98. The van der Waals surface area contributed by atoms with E-state index in [0.717, 1.165) is 74.5 Å². The highest BCUT2D eigenvalue weighted by atomic mass is 16.5. The first-order valence-corrected chi connectivity index (χ1v) is 9.98. The van der Waals surface area contributed by atoms with Gasteiger partial charge in [-0.25, -0.2) is 4.99 Å². The van der Waals surface area contributed by atoms with E-state index in [4.69, 9.17) is 14.5 Å². The molecular weight excluding hydrogens is 342 g/mol. The van der Waals surface area contributed by atoms with Gasteiger partial charge in [-0.2, -0.15) is 0 Å². The van der Waals surface area contributed by atoms with E-state index < -0.39 is 0 Å². The van der Waals surface area contributed by atoms with E-state index in [0.29, 0.717) is 12.6 Å². The second-order valence-electron chi connectivity index (χ2n) is 7.25. The number of rotatable bonds is 5. The van der Waals surface area contributed by atoms with Gasteiger partial charge in [-0.05, 0) is 27.2 Å². The number of hydrogen-bond acceptors (Lipinski definition) is 5. The van der Waals surface area contributed by atoms with E-state index in [9.17, 15) is 0 Å². The number of ether oxygens (including phenoxy) is 2. The van der Waals surface area contributed by atoms with Gasteiger partial charge < -0.3 is 19.7 Å². The molecule has 3 rings (SSSR count). The zero-order valence-electron chi connectivity index (χ0n) is 17.1. The van der Waals surface area contributed by atoms with Crippen molar-refractivity contribution in [2.24, 2.45) is 4.99 Å². The third-order valence-electron chi connectivity index (χ3n) is 5.49. The maximum Gasteiger partial charge on any atom is 0.194 e. The minimum absolute atomic E-state index is 0.559. The lowest BCUT2D eigenvalue weighted by Gasteiger charge is -2.32. The van der Waals surface area contributed by atoms with Gasteiger partial charge in [0.15, 0.2) is 5.96 Å². The van der Waals surface area contributed by atoms with Crippen LogP contribution >= 0.6 is 0 Å². The molecule has 2 aliphatic heterocycles. The Labute approximate surface area is 162 Å². The Morgan fingerprint density at radius 3 is 2.81 bits per heavy atom. The molecule has 0 spiro atoms. The van der Waals surface area contributed by atoms with Crippen molar-refractivity contribution in [2.75, 3.05) is 53.0 Å². The van der Waals surface area contributed by atoms with Gasteiger partial charge >= 0.3 is 0 Å². The van der Waals surface area contributed by atoms with Gasteiger partial charge in [-0.1, -0.05) is 0 Å². The van der Waals surface area contributed by atoms with Crippen molar-refractivity contribution in [2.45, 2.75) is 39.8 Å². The monoisotopic (exact) mass is 375 g/mol. The van der Waals surface area contributed by atoms with Gasteiger partial charge in [0.1, 0.15) is 5.75 Å². The van der Waals surface area contributed by atoms with Crippen LogP contribution in [0.1, 0.15) is 30.2 Å². The predicted molar refractivity (Wildman–Crippen MR) is 107 cm³/mol. The fourth-order valence-corrected chi connectivity index (χ4v) is 3.98. The molecule has 0 saturated carbocycles. The maximum absolute atomic E-state index is 5.52. The van der Waals surface area contributed by atoms with Crippen LogP contribution in [0.25, 0.3) is 0 Å². The number of nitrogens with zero attached hydrogens (tertiary/aromatic N) is 4. The van der Waals surface area contributed by atoms with Gasteiger partial charge in [0.25, 0.3) is 0 Å². The molecule has 2 fully saturated rings. The minimum atomic E-state index is 0.559. The summed E-state index contributed by atoms with van der Waals surface area (Å²) in [5.74, 6) is 1.89. The number of aryl methyl sites for hydroxylation is 1. The van der Waals surface area contributed by atoms with Crippen molar-refractivity contribution in [1.29, 1.82) is 0 Å². The van der Waals surface area contributed by atoms with Crippen LogP contribution in [0.5, 0.6) is 5.75 Å². The molecule has 7 heteroatoms. The molecule has 0 aliphatic carbocycles. The Bertz CT molecular complexity index is 658. The summed E-state index contributed by atoms with van der Waals surface area (Å²) in [6.07, 6.45) is 3.05. The van der Waals surface area contributed by atoms with E-state index in [1.807, 2.05) is 13.1 Å². The molecule has 3 heterocycles. The number of pyridine rings is 1. The normalized spacial score (nSPS) is 21.6. The summed E-state index contributed by atoms with van der Waals surface area (Å²) in [5.41, 5.74) is 3.10. The number of hydrogen-bond donors (Lipinski definition) is 1. The Balaban J connectivity index is 1.68. The van der Waals surface area contributed by atoms with E-state index >= 15 is 0 Å². The third-order valence-corrected chi connectivity index (χ3v) is 5.49. The lowest BCUT2D eigenvalue weighted by molar-refractivity contribution is 0.0195. The van der Waals surface area contributed by atoms with Crippen LogP contribution in [0.4, 0.5) is 0 Å². The number of aromatic nitrogens is 1. The Hall–Kier alpha value is -1.86. The largest absolute Gasteiger partial charge is 0.496 e. The molecule has 150 valence electrons. The summed E-state index contributed by atoms with van der Waals surface area (Å²) in [7, 11) is 1.71. The maximum atomic E-state index is 5.52. The minimum Gasteiger partial charge on any atom is -0.496 e. The third kappa shape index (κ3) is 4.71. The molecule has 0 amide bonds. The lowest BCUT2D eigenvalue weighted by Crippen LogP contribution is -2.46. The van der Waals surface area contributed by atoms with Crippen LogP contribution in [0.2, 0.25) is 0 Å². The number of nitrogens with one attached hydrogen (secondary N) is 1. The van der Waals surface area contributed by atoms with Crippen LogP contribution in [-0.2, 0) is 11.3 Å². The van der Waals surface area contributed by atoms with Gasteiger partial charge in [0, 0.05) is 56.1 Å². The Kier molecular flexibility index (Phi) is 6.90. The molecule has 2 aliphatic rings. The standard InChI is InChI=1S/C20H33N5O2/c1-5-21-20(23-13-18-16(3)19(26-4)15(2)12-22-18)25-7-6-17(14-25)24-8-10-27-11-9-24/h12,17H,5-11,13-14H2,1-4H3,(H,21,23). The average molecular weight is 376 g/mol. The zero-order chi connectivity index (χ0) is 19.2. The quantitative estimate of drug-likeness (QED) is 0.623. The summed E-state index contributed by atoms with van der Waals surface area (Å²) < 4.78 is 11.0. The molecule has 0 radical (unpaired) electrons. The van der Waals surface area contributed by atoms with Gasteiger partial charge in [0.05, 0.1) is 32.6 Å². The number of morpholine rings is 1. The fourth-order valence-electron chi connectivity index (χ4n) is 3.98. The molecule has 1 aromatic rings.